The molecule has 0 radical (unpaired) electrons. The molecular weight excluding hydrogens is 384 g/mol. The molecule has 32 heavy (non-hydrogen) atoms. The first kappa shape index (κ1) is 23.3. The molecule has 0 amide bonds. The fourth-order valence-electron chi connectivity index (χ4n) is 6.64. The highest BCUT2D eigenvalue weighted by atomic mass is 14.4. The van der Waals surface area contributed by atoms with Gasteiger partial charge in [-0.25, -0.2) is 0 Å². The fourth-order valence-corrected chi connectivity index (χ4v) is 6.64. The van der Waals surface area contributed by atoms with Gasteiger partial charge in [0.15, 0.2) is 0 Å². The van der Waals surface area contributed by atoms with E-state index >= 15 is 0 Å². The maximum Gasteiger partial charge on any atom is -0.0162 e. The molecule has 4 rings (SSSR count). The van der Waals surface area contributed by atoms with Crippen molar-refractivity contribution in [2.75, 3.05) is 0 Å². The molecular formula is C32H44. The molecule has 0 heterocycles. The number of rotatable bonds is 7. The second-order valence-electron chi connectivity index (χ2n) is 10.7. The smallest absolute Gasteiger partial charge is 0.0162 e. The average molecular weight is 429 g/mol. The molecule has 0 nitrogen and oxygen atoms in total. The molecule has 172 valence electrons. The second kappa shape index (κ2) is 11.4. The number of benzene rings is 2. The van der Waals surface area contributed by atoms with Crippen molar-refractivity contribution in [2.24, 2.45) is 23.7 Å². The first-order valence-electron chi connectivity index (χ1n) is 13.4. The van der Waals surface area contributed by atoms with Gasteiger partial charge in [-0.1, -0.05) is 67.6 Å². The van der Waals surface area contributed by atoms with Gasteiger partial charge in [-0.05, 0) is 130 Å². The number of allylic oxidation sites excluding steroid dienone is 4. The van der Waals surface area contributed by atoms with Crippen LogP contribution in [0.2, 0.25) is 0 Å². The molecule has 1 atom stereocenters. The Morgan fingerprint density at radius 3 is 2.12 bits per heavy atom. The quantitative estimate of drug-likeness (QED) is 0.385. The van der Waals surface area contributed by atoms with Crippen LogP contribution in [0.25, 0.3) is 10.8 Å². The lowest BCUT2D eigenvalue weighted by molar-refractivity contribution is 0.142. The van der Waals surface area contributed by atoms with Gasteiger partial charge in [0, 0.05) is 0 Å². The number of hydrogen-bond donors (Lipinski definition) is 0. The van der Waals surface area contributed by atoms with E-state index in [0.717, 1.165) is 42.4 Å². The van der Waals surface area contributed by atoms with Gasteiger partial charge in [-0.2, -0.15) is 0 Å². The normalized spacial score (nSPS) is 28.0. The zero-order valence-electron chi connectivity index (χ0n) is 20.7. The Morgan fingerprint density at radius 2 is 1.44 bits per heavy atom. The number of fused-ring (bicyclic) bond motifs is 1. The van der Waals surface area contributed by atoms with Crippen molar-refractivity contribution in [3.8, 4) is 0 Å². The summed E-state index contributed by atoms with van der Waals surface area (Å²) < 4.78 is 0. The molecule has 2 fully saturated rings. The monoisotopic (exact) mass is 428 g/mol. The minimum Gasteiger partial charge on any atom is -0.0917 e. The van der Waals surface area contributed by atoms with Crippen LogP contribution < -0.4 is 0 Å². The summed E-state index contributed by atoms with van der Waals surface area (Å²) in [5.74, 6) is 4.47. The van der Waals surface area contributed by atoms with E-state index in [1.54, 1.807) is 5.56 Å². The third kappa shape index (κ3) is 5.75. The number of hydrogen-bond acceptors (Lipinski definition) is 0. The van der Waals surface area contributed by atoms with Crippen LogP contribution in [-0.2, 0) is 6.42 Å². The predicted octanol–water partition coefficient (Wildman–Crippen LogP) is 9.64. The van der Waals surface area contributed by atoms with E-state index in [2.05, 4.69) is 81.5 Å². The van der Waals surface area contributed by atoms with E-state index in [1.807, 2.05) is 0 Å². The molecule has 2 aromatic rings. The van der Waals surface area contributed by atoms with Crippen LogP contribution in [0, 0.1) is 23.7 Å². The van der Waals surface area contributed by atoms with Crippen LogP contribution in [0.5, 0.6) is 0 Å². The van der Waals surface area contributed by atoms with Gasteiger partial charge in [0.1, 0.15) is 0 Å². The molecule has 2 aliphatic carbocycles. The van der Waals surface area contributed by atoms with Crippen LogP contribution in [0.1, 0.15) is 95.6 Å². The molecule has 0 spiro atoms. The van der Waals surface area contributed by atoms with Gasteiger partial charge in [-0.3, -0.25) is 0 Å². The van der Waals surface area contributed by atoms with E-state index in [1.165, 1.54) is 67.7 Å². The van der Waals surface area contributed by atoms with Crippen LogP contribution in [0.3, 0.4) is 0 Å². The largest absolute Gasteiger partial charge is 0.0917 e. The first-order valence-corrected chi connectivity index (χ1v) is 13.4. The lowest BCUT2D eigenvalue weighted by Crippen LogP contribution is -2.27. The molecule has 0 saturated heterocycles. The molecule has 0 bridgehead atoms. The van der Waals surface area contributed by atoms with E-state index in [9.17, 15) is 0 Å². The van der Waals surface area contributed by atoms with E-state index in [-0.39, 0.29) is 0 Å². The minimum absolute atomic E-state index is 0.766. The van der Waals surface area contributed by atoms with Crippen molar-refractivity contribution in [1.82, 2.24) is 0 Å². The average Bonchev–Trinajstić information content (AvgIpc) is 2.84. The highest BCUT2D eigenvalue weighted by molar-refractivity contribution is 5.84. The SMILES string of the molecule is C/C=C/CCc1ccc2cc(C3CCC(C(C)C4CCC(/C=C/C)CC4)CC3)ccc2c1. The lowest BCUT2D eigenvalue weighted by atomic mass is 9.67. The Balaban J connectivity index is 1.32. The van der Waals surface area contributed by atoms with Crippen molar-refractivity contribution in [1.29, 1.82) is 0 Å². The van der Waals surface area contributed by atoms with Crippen LogP contribution in [-0.4, -0.2) is 0 Å². The van der Waals surface area contributed by atoms with E-state index in [4.69, 9.17) is 0 Å². The van der Waals surface area contributed by atoms with Gasteiger partial charge in [0.2, 0.25) is 0 Å². The summed E-state index contributed by atoms with van der Waals surface area (Å²) in [6.45, 7) is 6.86. The first-order chi connectivity index (χ1) is 15.7. The molecule has 0 aromatic heterocycles. The predicted molar refractivity (Wildman–Crippen MR) is 141 cm³/mol. The maximum absolute atomic E-state index is 2.58. The van der Waals surface area contributed by atoms with E-state index < -0.39 is 0 Å². The van der Waals surface area contributed by atoms with Crippen molar-refractivity contribution >= 4 is 10.8 Å². The molecule has 2 aromatic carbocycles. The topological polar surface area (TPSA) is 0 Å². The molecule has 2 aliphatic rings. The van der Waals surface area contributed by atoms with Crippen LogP contribution in [0.15, 0.2) is 60.7 Å². The summed E-state index contributed by atoms with van der Waals surface area (Å²) >= 11 is 0. The Labute approximate surface area is 197 Å². The molecule has 1 unspecified atom stereocenters. The van der Waals surface area contributed by atoms with Crippen molar-refractivity contribution in [2.45, 2.75) is 90.9 Å². The summed E-state index contributed by atoms with van der Waals surface area (Å²) in [5, 5.41) is 2.83. The zero-order chi connectivity index (χ0) is 22.3. The Morgan fingerprint density at radius 1 is 0.781 bits per heavy atom. The Kier molecular flexibility index (Phi) is 8.28. The van der Waals surface area contributed by atoms with Gasteiger partial charge in [0.05, 0.1) is 0 Å². The van der Waals surface area contributed by atoms with Crippen LogP contribution in [0.4, 0.5) is 0 Å². The molecule has 0 aliphatic heterocycles. The van der Waals surface area contributed by atoms with Crippen molar-refractivity contribution in [3.63, 3.8) is 0 Å². The highest BCUT2D eigenvalue weighted by Crippen LogP contribution is 2.44. The minimum atomic E-state index is 0.766. The summed E-state index contributed by atoms with van der Waals surface area (Å²) in [6, 6.07) is 14.4. The summed E-state index contributed by atoms with van der Waals surface area (Å²) in [4.78, 5) is 0. The number of aryl methyl sites for hydroxylation is 1. The molecule has 0 heteroatoms. The third-order valence-corrected chi connectivity index (χ3v) is 8.78. The van der Waals surface area contributed by atoms with Crippen molar-refractivity contribution in [3.05, 3.63) is 71.8 Å². The molecule has 0 N–H and O–H groups in total. The maximum atomic E-state index is 2.58. The van der Waals surface area contributed by atoms with Gasteiger partial charge in [0.25, 0.3) is 0 Å². The summed E-state index contributed by atoms with van der Waals surface area (Å²) in [7, 11) is 0. The standard InChI is InChI=1S/C32H44/c1-4-6-7-9-26-12-15-32-23-31(21-20-30(32)22-26)29-18-16-28(17-19-29)24(3)27-13-10-25(8-5-2)11-14-27/h4-6,8,12,15,20-25,27-29H,7,9-11,13-14,16-19H2,1-3H3/b6-4+,8-5+. The zero-order valence-corrected chi connectivity index (χ0v) is 20.7. The van der Waals surface area contributed by atoms with Gasteiger partial charge < -0.3 is 0 Å². The Bertz CT molecular complexity index is 901. The van der Waals surface area contributed by atoms with Crippen LogP contribution >= 0.6 is 0 Å². The summed E-state index contributed by atoms with van der Waals surface area (Å²) in [6.07, 6.45) is 22.8. The Hall–Kier alpha value is -1.82. The third-order valence-electron chi connectivity index (χ3n) is 8.78. The van der Waals surface area contributed by atoms with E-state index in [0.29, 0.717) is 0 Å². The van der Waals surface area contributed by atoms with Gasteiger partial charge >= 0.3 is 0 Å². The highest BCUT2D eigenvalue weighted by Gasteiger charge is 2.32. The second-order valence-corrected chi connectivity index (χ2v) is 10.7. The molecule has 2 saturated carbocycles. The summed E-state index contributed by atoms with van der Waals surface area (Å²) in [5.41, 5.74) is 3.04. The van der Waals surface area contributed by atoms with Gasteiger partial charge in [-0.15, -0.1) is 0 Å². The fraction of sp³-hybridized carbons (Fsp3) is 0.562. The van der Waals surface area contributed by atoms with Crippen molar-refractivity contribution < 1.29 is 0 Å². The lowest BCUT2D eigenvalue weighted by Gasteiger charge is -2.39.